The van der Waals surface area contributed by atoms with Crippen molar-refractivity contribution < 1.29 is 4.79 Å². The van der Waals surface area contributed by atoms with Crippen LogP contribution in [0.25, 0.3) is 11.3 Å². The molecule has 2 atom stereocenters. The van der Waals surface area contributed by atoms with Gasteiger partial charge in [-0.1, -0.05) is 50.6 Å². The summed E-state index contributed by atoms with van der Waals surface area (Å²) >= 11 is 1.69. The first kappa shape index (κ1) is 17.6. The minimum Gasteiger partial charge on any atom is -0.354 e. The summed E-state index contributed by atoms with van der Waals surface area (Å²) in [4.78, 5) is 17.9. The van der Waals surface area contributed by atoms with E-state index in [1.54, 1.807) is 11.3 Å². The molecule has 4 nitrogen and oxygen atoms in total. The molecule has 2 unspecified atom stereocenters. The van der Waals surface area contributed by atoms with E-state index in [1.165, 1.54) is 4.88 Å². The number of aromatic nitrogens is 1. The molecule has 1 amide bonds. The van der Waals surface area contributed by atoms with E-state index >= 15 is 0 Å². The van der Waals surface area contributed by atoms with Gasteiger partial charge in [-0.15, -0.1) is 11.3 Å². The minimum atomic E-state index is -0.432. The molecule has 0 bridgehead atoms. The Morgan fingerprint density at radius 2 is 2.04 bits per heavy atom. The number of thiazole rings is 1. The molecule has 0 saturated heterocycles. The van der Waals surface area contributed by atoms with Crippen LogP contribution in [0.5, 0.6) is 0 Å². The van der Waals surface area contributed by atoms with Gasteiger partial charge >= 0.3 is 0 Å². The summed E-state index contributed by atoms with van der Waals surface area (Å²) in [6, 6.07) is 9.74. The van der Waals surface area contributed by atoms with E-state index in [2.05, 4.69) is 24.4 Å². The van der Waals surface area contributed by atoms with Gasteiger partial charge in [0.25, 0.3) is 0 Å². The first-order valence-corrected chi connectivity index (χ1v) is 8.89. The second-order valence-corrected chi connectivity index (χ2v) is 7.12. The Bertz CT molecular complexity index is 639. The van der Waals surface area contributed by atoms with E-state index in [9.17, 15) is 4.79 Å². The van der Waals surface area contributed by atoms with E-state index in [1.807, 2.05) is 32.0 Å². The van der Waals surface area contributed by atoms with Gasteiger partial charge in [0.1, 0.15) is 0 Å². The quantitative estimate of drug-likeness (QED) is 0.819. The van der Waals surface area contributed by atoms with Gasteiger partial charge in [0, 0.05) is 23.4 Å². The molecule has 124 valence electrons. The van der Waals surface area contributed by atoms with Crippen molar-refractivity contribution in [3.63, 3.8) is 0 Å². The van der Waals surface area contributed by atoms with Gasteiger partial charge in [0.15, 0.2) is 0 Å². The lowest BCUT2D eigenvalue weighted by Gasteiger charge is -2.17. The van der Waals surface area contributed by atoms with Crippen LogP contribution in [0.15, 0.2) is 30.3 Å². The zero-order valence-electron chi connectivity index (χ0n) is 14.0. The average molecular weight is 331 g/mol. The van der Waals surface area contributed by atoms with E-state index in [0.717, 1.165) is 29.1 Å². The number of aryl methyl sites for hydroxylation is 1. The van der Waals surface area contributed by atoms with Gasteiger partial charge in [-0.2, -0.15) is 0 Å². The second kappa shape index (κ2) is 8.22. The van der Waals surface area contributed by atoms with Crippen molar-refractivity contribution >= 4 is 17.2 Å². The summed E-state index contributed by atoms with van der Waals surface area (Å²) in [5.41, 5.74) is 8.10. The SMILES string of the molecule is CCC(C)C(N)C(=O)NCCc1nc(-c2ccccc2)c(C)s1. The molecule has 0 radical (unpaired) electrons. The number of nitrogens with zero attached hydrogens (tertiary/aromatic N) is 1. The monoisotopic (exact) mass is 331 g/mol. The number of hydrogen-bond acceptors (Lipinski definition) is 4. The van der Waals surface area contributed by atoms with Crippen LogP contribution in [0, 0.1) is 12.8 Å². The molecule has 1 heterocycles. The van der Waals surface area contributed by atoms with Gasteiger partial charge < -0.3 is 11.1 Å². The minimum absolute atomic E-state index is 0.0732. The third-order valence-electron chi connectivity index (χ3n) is 4.09. The van der Waals surface area contributed by atoms with Crippen LogP contribution in [0.4, 0.5) is 0 Å². The molecule has 2 aromatic rings. The van der Waals surface area contributed by atoms with Crippen molar-refractivity contribution in [3.05, 3.63) is 40.2 Å². The first-order valence-electron chi connectivity index (χ1n) is 8.08. The molecule has 0 aliphatic rings. The maximum absolute atomic E-state index is 12.0. The van der Waals surface area contributed by atoms with Crippen molar-refractivity contribution in [2.75, 3.05) is 6.54 Å². The Balaban J connectivity index is 1.91. The third-order valence-corrected chi connectivity index (χ3v) is 5.12. The van der Waals surface area contributed by atoms with E-state index in [0.29, 0.717) is 6.54 Å². The van der Waals surface area contributed by atoms with E-state index < -0.39 is 6.04 Å². The van der Waals surface area contributed by atoms with Crippen molar-refractivity contribution in [1.29, 1.82) is 0 Å². The van der Waals surface area contributed by atoms with Crippen molar-refractivity contribution in [2.45, 2.75) is 39.7 Å². The Morgan fingerprint density at radius 1 is 1.35 bits per heavy atom. The highest BCUT2D eigenvalue weighted by molar-refractivity contribution is 7.12. The Labute approximate surface area is 142 Å². The van der Waals surface area contributed by atoms with Crippen LogP contribution in [-0.4, -0.2) is 23.5 Å². The average Bonchev–Trinajstić information content (AvgIpc) is 2.94. The predicted octanol–water partition coefficient (Wildman–Crippen LogP) is 3.15. The van der Waals surface area contributed by atoms with Crippen LogP contribution < -0.4 is 11.1 Å². The maximum Gasteiger partial charge on any atom is 0.237 e. The molecule has 23 heavy (non-hydrogen) atoms. The van der Waals surface area contributed by atoms with Gasteiger partial charge in [-0.25, -0.2) is 4.98 Å². The predicted molar refractivity (Wildman–Crippen MR) is 96.4 cm³/mol. The molecule has 0 spiro atoms. The fourth-order valence-corrected chi connectivity index (χ4v) is 3.30. The van der Waals surface area contributed by atoms with Crippen LogP contribution in [0.2, 0.25) is 0 Å². The number of hydrogen-bond donors (Lipinski definition) is 2. The summed E-state index contributed by atoms with van der Waals surface area (Å²) in [5, 5.41) is 3.96. The Hall–Kier alpha value is -1.72. The normalized spacial score (nSPS) is 13.6. The number of benzene rings is 1. The zero-order chi connectivity index (χ0) is 16.8. The summed E-state index contributed by atoms with van der Waals surface area (Å²) < 4.78 is 0. The standard InChI is InChI=1S/C18H25N3OS/c1-4-12(2)16(19)18(22)20-11-10-15-21-17(13(3)23-15)14-8-6-5-7-9-14/h5-9,12,16H,4,10-11,19H2,1-3H3,(H,20,22). The maximum atomic E-state index is 12.0. The van der Waals surface area contributed by atoms with Gasteiger partial charge in [-0.3, -0.25) is 4.79 Å². The summed E-state index contributed by atoms with van der Waals surface area (Å²) in [5.74, 6) is 0.123. The fourth-order valence-electron chi connectivity index (χ4n) is 2.34. The lowest BCUT2D eigenvalue weighted by atomic mass is 9.99. The number of nitrogens with one attached hydrogen (secondary N) is 1. The Morgan fingerprint density at radius 3 is 2.70 bits per heavy atom. The van der Waals surface area contributed by atoms with Crippen molar-refractivity contribution in [2.24, 2.45) is 11.7 Å². The molecule has 2 rings (SSSR count). The largest absolute Gasteiger partial charge is 0.354 e. The summed E-state index contributed by atoms with van der Waals surface area (Å²) in [6.45, 7) is 6.70. The molecular weight excluding hydrogens is 306 g/mol. The highest BCUT2D eigenvalue weighted by Crippen LogP contribution is 2.27. The van der Waals surface area contributed by atoms with Gasteiger partial charge in [-0.05, 0) is 12.8 Å². The van der Waals surface area contributed by atoms with Crippen LogP contribution >= 0.6 is 11.3 Å². The van der Waals surface area contributed by atoms with Crippen molar-refractivity contribution in [3.8, 4) is 11.3 Å². The topological polar surface area (TPSA) is 68.0 Å². The summed E-state index contributed by atoms with van der Waals surface area (Å²) in [7, 11) is 0. The molecule has 5 heteroatoms. The molecule has 3 N–H and O–H groups in total. The zero-order valence-corrected chi connectivity index (χ0v) is 14.8. The lowest BCUT2D eigenvalue weighted by molar-refractivity contribution is -0.123. The van der Waals surface area contributed by atoms with Crippen molar-refractivity contribution in [1.82, 2.24) is 10.3 Å². The lowest BCUT2D eigenvalue weighted by Crippen LogP contribution is -2.45. The number of nitrogens with two attached hydrogens (primary N) is 1. The molecular formula is C18H25N3OS. The van der Waals surface area contributed by atoms with Crippen LogP contribution in [0.3, 0.4) is 0 Å². The number of amides is 1. The van der Waals surface area contributed by atoms with Crippen LogP contribution in [-0.2, 0) is 11.2 Å². The highest BCUT2D eigenvalue weighted by atomic mass is 32.1. The molecule has 1 aromatic carbocycles. The van der Waals surface area contributed by atoms with E-state index in [4.69, 9.17) is 10.7 Å². The summed E-state index contributed by atoms with van der Waals surface area (Å²) in [6.07, 6.45) is 1.64. The smallest absolute Gasteiger partial charge is 0.237 e. The molecule has 0 aliphatic carbocycles. The highest BCUT2D eigenvalue weighted by Gasteiger charge is 2.19. The molecule has 1 aromatic heterocycles. The number of rotatable bonds is 7. The van der Waals surface area contributed by atoms with Crippen LogP contribution in [0.1, 0.15) is 30.2 Å². The molecule has 0 saturated carbocycles. The van der Waals surface area contributed by atoms with Gasteiger partial charge in [0.2, 0.25) is 5.91 Å². The number of carbonyl (C=O) groups excluding carboxylic acids is 1. The molecule has 0 fully saturated rings. The van der Waals surface area contributed by atoms with Gasteiger partial charge in [0.05, 0.1) is 16.7 Å². The fraction of sp³-hybridized carbons (Fsp3) is 0.444. The third kappa shape index (κ3) is 4.62. The number of carbonyl (C=O) groups is 1. The second-order valence-electron chi connectivity index (χ2n) is 5.83. The first-order chi connectivity index (χ1) is 11.0. The van der Waals surface area contributed by atoms with E-state index in [-0.39, 0.29) is 11.8 Å². The Kier molecular flexibility index (Phi) is 6.30. The molecule has 0 aliphatic heterocycles.